The first-order chi connectivity index (χ1) is 14.4. The van der Waals surface area contributed by atoms with E-state index in [2.05, 4.69) is 11.2 Å². The zero-order valence-electron chi connectivity index (χ0n) is 16.3. The smallest absolute Gasteiger partial charge is 0.227 e. The zero-order chi connectivity index (χ0) is 21.3. The molecule has 150 valence electrons. The number of hydrogen-bond donors (Lipinski definition) is 3. The highest BCUT2D eigenvalue weighted by Crippen LogP contribution is 2.45. The largest absolute Gasteiger partial charge is 0.362 e. The molecule has 30 heavy (non-hydrogen) atoms. The Morgan fingerprint density at radius 1 is 1.07 bits per heavy atom. The quantitative estimate of drug-likeness (QED) is 0.263. The Hall–Kier alpha value is -3.18. The van der Waals surface area contributed by atoms with Crippen LogP contribution in [-0.2, 0) is 5.72 Å². The van der Waals surface area contributed by atoms with Gasteiger partial charge in [-0.1, -0.05) is 60.2 Å². The number of rotatable bonds is 3. The summed E-state index contributed by atoms with van der Waals surface area (Å²) < 4.78 is 15.5. The van der Waals surface area contributed by atoms with E-state index in [0.717, 1.165) is 11.1 Å². The minimum absolute atomic E-state index is 0.246. The minimum Gasteiger partial charge on any atom is -0.362 e. The van der Waals surface area contributed by atoms with E-state index in [1.54, 1.807) is 12.1 Å². The Kier molecular flexibility index (Phi) is 5.31. The number of thiocarbonyl (C=S) groups is 1. The lowest BCUT2D eigenvalue weighted by Gasteiger charge is -2.43. The number of piperidine rings is 1. The Labute approximate surface area is 179 Å². The highest BCUT2D eigenvalue weighted by molar-refractivity contribution is 7.80. The lowest BCUT2D eigenvalue weighted by atomic mass is 9.74. The predicted octanol–water partition coefficient (Wildman–Crippen LogP) is 3.70. The number of pyridine rings is 1. The van der Waals surface area contributed by atoms with Crippen LogP contribution in [0.5, 0.6) is 0 Å². The SMILES string of the molecule is Cc1ccc([C@]2(O)NC(=S)C(=C=N)[C@H](c3ccc(F)cc3)[C@H]2[n+]2ccccc2)cc1. The summed E-state index contributed by atoms with van der Waals surface area (Å²) >= 11 is 5.53. The van der Waals surface area contributed by atoms with Gasteiger partial charge in [0.2, 0.25) is 11.8 Å². The molecular weight excluding hydrogens is 397 g/mol. The molecule has 3 atom stereocenters. The van der Waals surface area contributed by atoms with Gasteiger partial charge in [-0.15, -0.1) is 0 Å². The second-order valence-corrected chi connectivity index (χ2v) is 7.83. The number of aliphatic hydroxyl groups is 1. The van der Waals surface area contributed by atoms with Crippen LogP contribution in [0.1, 0.15) is 28.7 Å². The lowest BCUT2D eigenvalue weighted by molar-refractivity contribution is -0.743. The molecule has 0 aliphatic carbocycles. The predicted molar refractivity (Wildman–Crippen MR) is 117 cm³/mol. The molecule has 0 bridgehead atoms. The highest BCUT2D eigenvalue weighted by Gasteiger charge is 2.56. The molecule has 0 amide bonds. The van der Waals surface area contributed by atoms with Crippen LogP contribution in [-0.4, -0.2) is 16.0 Å². The summed E-state index contributed by atoms with van der Waals surface area (Å²) in [5.74, 6) is 1.59. The third kappa shape index (κ3) is 3.46. The molecule has 0 saturated carbocycles. The third-order valence-corrected chi connectivity index (χ3v) is 5.84. The molecule has 0 unspecified atom stereocenters. The highest BCUT2D eigenvalue weighted by atomic mass is 32.1. The Morgan fingerprint density at radius 2 is 1.70 bits per heavy atom. The van der Waals surface area contributed by atoms with Crippen LogP contribution in [0.2, 0.25) is 0 Å². The molecule has 1 aromatic heterocycles. The molecule has 1 fully saturated rings. The van der Waals surface area contributed by atoms with Gasteiger partial charge in [-0.25, -0.2) is 4.39 Å². The van der Waals surface area contributed by atoms with E-state index in [1.165, 1.54) is 12.1 Å². The maximum Gasteiger partial charge on any atom is 0.227 e. The molecule has 4 nitrogen and oxygen atoms in total. The molecule has 6 heteroatoms. The molecule has 0 spiro atoms. The van der Waals surface area contributed by atoms with Crippen molar-refractivity contribution < 1.29 is 14.1 Å². The van der Waals surface area contributed by atoms with Gasteiger partial charge in [0.15, 0.2) is 12.4 Å². The summed E-state index contributed by atoms with van der Waals surface area (Å²) in [7, 11) is 0. The van der Waals surface area contributed by atoms with Gasteiger partial charge in [-0.05, 0) is 30.5 Å². The topological polar surface area (TPSA) is 60.0 Å². The Bertz CT molecular complexity index is 1130. The van der Waals surface area contributed by atoms with Crippen LogP contribution in [0.15, 0.2) is 84.7 Å². The second kappa shape index (κ2) is 7.92. The molecule has 2 heterocycles. The molecule has 1 aliphatic rings. The maximum absolute atomic E-state index is 13.6. The fraction of sp³-hybridized carbons (Fsp3) is 0.167. The molecule has 2 aromatic carbocycles. The number of aromatic nitrogens is 1. The Balaban J connectivity index is 1.98. The number of halogens is 1. The summed E-state index contributed by atoms with van der Waals surface area (Å²) in [6.45, 7) is 1.98. The Morgan fingerprint density at radius 3 is 2.30 bits per heavy atom. The molecule has 3 N–H and O–H groups in total. The first kappa shape index (κ1) is 20.1. The van der Waals surface area contributed by atoms with Gasteiger partial charge >= 0.3 is 0 Å². The summed E-state index contributed by atoms with van der Waals surface area (Å²) in [6, 6.07) is 18.7. The van der Waals surface area contributed by atoms with E-state index >= 15 is 0 Å². The summed E-state index contributed by atoms with van der Waals surface area (Å²) in [5, 5.41) is 23.0. The van der Waals surface area contributed by atoms with Crippen LogP contribution in [0.25, 0.3) is 0 Å². The van der Waals surface area contributed by atoms with E-state index in [9.17, 15) is 9.50 Å². The number of nitrogens with zero attached hydrogens (tertiary/aromatic N) is 1. The average molecular weight is 419 g/mol. The van der Waals surface area contributed by atoms with Gasteiger partial charge in [-0.2, -0.15) is 4.57 Å². The van der Waals surface area contributed by atoms with Crippen LogP contribution in [0, 0.1) is 18.2 Å². The van der Waals surface area contributed by atoms with Crippen LogP contribution in [0.3, 0.4) is 0 Å². The van der Waals surface area contributed by atoms with Crippen molar-refractivity contribution in [3.05, 3.63) is 107 Å². The van der Waals surface area contributed by atoms with Crippen molar-refractivity contribution in [2.45, 2.75) is 24.6 Å². The fourth-order valence-electron chi connectivity index (χ4n) is 4.04. The van der Waals surface area contributed by atoms with Crippen molar-refractivity contribution in [2.24, 2.45) is 0 Å². The number of benzene rings is 2. The summed E-state index contributed by atoms with van der Waals surface area (Å²) in [6.07, 6.45) is 3.72. The molecular formula is C24H21FN3OS+. The van der Waals surface area contributed by atoms with E-state index in [0.29, 0.717) is 11.1 Å². The normalized spacial score (nSPS) is 23.6. The zero-order valence-corrected chi connectivity index (χ0v) is 17.2. The monoisotopic (exact) mass is 418 g/mol. The van der Waals surface area contributed by atoms with Crippen LogP contribution >= 0.6 is 12.2 Å². The molecule has 1 saturated heterocycles. The standard InChI is InChI=1S/C24H20FN3OS/c1-16-5-9-18(10-6-16)24(29)22(28-13-3-2-4-14-28)21(20(15-26)23(30)27-24)17-7-11-19(25)12-8-17/h2-14,21-22,26,29H,1H3/p+1/t21-,22+,24+/m0/s1. The number of hydrogen-bond acceptors (Lipinski definition) is 3. The number of nitrogens with one attached hydrogen (secondary N) is 2. The minimum atomic E-state index is -1.56. The van der Waals surface area contributed by atoms with Gasteiger partial charge in [0.1, 0.15) is 10.8 Å². The average Bonchev–Trinajstić information content (AvgIpc) is 2.75. The van der Waals surface area contributed by atoms with E-state index in [1.807, 2.05) is 66.3 Å². The lowest BCUT2D eigenvalue weighted by Crippen LogP contribution is -2.65. The maximum atomic E-state index is 13.6. The van der Waals surface area contributed by atoms with E-state index in [-0.39, 0.29) is 10.8 Å². The molecule has 0 radical (unpaired) electrons. The van der Waals surface area contributed by atoms with Crippen molar-refractivity contribution in [2.75, 3.05) is 0 Å². The third-order valence-electron chi connectivity index (χ3n) is 5.52. The van der Waals surface area contributed by atoms with Gasteiger partial charge in [0.05, 0.1) is 11.5 Å². The second-order valence-electron chi connectivity index (χ2n) is 7.42. The molecule has 3 aromatic rings. The summed E-state index contributed by atoms with van der Waals surface area (Å²) in [5.41, 5.74) is 1.33. The van der Waals surface area contributed by atoms with E-state index < -0.39 is 17.7 Å². The van der Waals surface area contributed by atoms with Gasteiger partial charge < -0.3 is 10.4 Å². The number of aryl methyl sites for hydroxylation is 1. The van der Waals surface area contributed by atoms with Crippen LogP contribution < -0.4 is 9.88 Å². The van der Waals surface area contributed by atoms with Gasteiger partial charge in [0, 0.05) is 17.7 Å². The molecule has 1 aliphatic heterocycles. The van der Waals surface area contributed by atoms with E-state index in [4.69, 9.17) is 17.6 Å². The summed E-state index contributed by atoms with van der Waals surface area (Å²) in [4.78, 5) is 0.246. The van der Waals surface area contributed by atoms with Crippen LogP contribution in [0.4, 0.5) is 4.39 Å². The van der Waals surface area contributed by atoms with Crippen molar-refractivity contribution in [1.82, 2.24) is 5.32 Å². The van der Waals surface area contributed by atoms with Crippen molar-refractivity contribution >= 4 is 23.1 Å². The van der Waals surface area contributed by atoms with Gasteiger partial charge in [-0.3, -0.25) is 5.41 Å². The van der Waals surface area contributed by atoms with Gasteiger partial charge in [0.25, 0.3) is 0 Å². The molecule has 4 rings (SSSR count). The van der Waals surface area contributed by atoms with Crippen molar-refractivity contribution in [1.29, 1.82) is 5.41 Å². The van der Waals surface area contributed by atoms with Crippen molar-refractivity contribution in [3.63, 3.8) is 0 Å². The first-order valence-electron chi connectivity index (χ1n) is 9.57. The van der Waals surface area contributed by atoms with Crippen molar-refractivity contribution in [3.8, 4) is 0 Å². The first-order valence-corrected chi connectivity index (χ1v) is 9.97. The fourth-order valence-corrected chi connectivity index (χ4v) is 4.38.